The third-order valence-electron chi connectivity index (χ3n) is 4.67. The van der Waals surface area contributed by atoms with Gasteiger partial charge in [-0.15, -0.1) is 10.2 Å². The maximum atomic E-state index is 12.2. The van der Waals surface area contributed by atoms with E-state index in [1.165, 1.54) is 36.2 Å². The first kappa shape index (κ1) is 17.7. The molecule has 1 aromatic heterocycles. The lowest BCUT2D eigenvalue weighted by atomic mass is 9.98. The minimum absolute atomic E-state index is 0.299. The minimum atomic E-state index is -0.299. The molecule has 2 heterocycles. The molecule has 0 bridgehead atoms. The second kappa shape index (κ2) is 7.82. The highest BCUT2D eigenvalue weighted by molar-refractivity contribution is 7.19. The second-order valence-corrected chi connectivity index (χ2v) is 7.51. The first-order valence-corrected chi connectivity index (χ1v) is 9.67. The Morgan fingerprint density at radius 2 is 1.84 bits per heavy atom. The lowest BCUT2D eigenvalue weighted by Gasteiger charge is -2.38. The first-order chi connectivity index (χ1) is 12.1. The fraction of sp³-hybridized carbons (Fsp3) is 0.500. The summed E-state index contributed by atoms with van der Waals surface area (Å²) in [4.78, 5) is 14.5. The number of piperidine rings is 1. The Labute approximate surface area is 152 Å². The van der Waals surface area contributed by atoms with Crippen LogP contribution >= 0.6 is 11.3 Å². The zero-order valence-electron chi connectivity index (χ0n) is 15.0. The number of benzene rings is 1. The first-order valence-electron chi connectivity index (χ1n) is 8.85. The van der Waals surface area contributed by atoms with E-state index in [4.69, 9.17) is 0 Å². The predicted molar refractivity (Wildman–Crippen MR) is 104 cm³/mol. The maximum absolute atomic E-state index is 12.2. The van der Waals surface area contributed by atoms with Crippen molar-refractivity contribution < 1.29 is 4.79 Å². The Hall–Kier alpha value is -2.15. The number of amides is 2. The van der Waals surface area contributed by atoms with Crippen LogP contribution in [0.1, 0.15) is 45.6 Å². The van der Waals surface area contributed by atoms with E-state index in [1.807, 2.05) is 24.3 Å². The van der Waals surface area contributed by atoms with Gasteiger partial charge in [-0.25, -0.2) is 4.79 Å². The van der Waals surface area contributed by atoms with Crippen LogP contribution in [0.5, 0.6) is 0 Å². The van der Waals surface area contributed by atoms with E-state index in [9.17, 15) is 4.79 Å². The van der Waals surface area contributed by atoms with Crippen LogP contribution in [0.25, 0.3) is 0 Å². The van der Waals surface area contributed by atoms with Crippen molar-refractivity contribution in [2.24, 2.45) is 0 Å². The van der Waals surface area contributed by atoms with Crippen molar-refractivity contribution in [3.8, 4) is 0 Å². The van der Waals surface area contributed by atoms with Gasteiger partial charge in [0, 0.05) is 17.8 Å². The molecule has 0 radical (unpaired) electrons. The van der Waals surface area contributed by atoms with Crippen LogP contribution in [0.3, 0.4) is 0 Å². The van der Waals surface area contributed by atoms with Gasteiger partial charge in [0.15, 0.2) is 0 Å². The number of carbonyl (C=O) groups excluding carboxylic acids is 1. The van der Waals surface area contributed by atoms with Crippen molar-refractivity contribution in [3.63, 3.8) is 0 Å². The molecule has 1 aromatic carbocycles. The number of nitrogens with one attached hydrogen (secondary N) is 2. The zero-order chi connectivity index (χ0) is 17.8. The lowest BCUT2D eigenvalue weighted by molar-refractivity contribution is 0.262. The number of aromatic nitrogens is 2. The molecule has 2 unspecified atom stereocenters. The van der Waals surface area contributed by atoms with Crippen LogP contribution in [0.2, 0.25) is 0 Å². The third kappa shape index (κ3) is 4.28. The molecule has 2 amide bonds. The number of hydrogen-bond acceptors (Lipinski definition) is 5. The largest absolute Gasteiger partial charge is 0.341 e. The molecule has 0 saturated carbocycles. The molecule has 1 aliphatic rings. The second-order valence-electron chi connectivity index (χ2n) is 6.56. The standard InChI is InChI=1S/C18H25N5OS/c1-4-14-8-10-15(11-9-14)19-16(24)20-17-21-22-18(25-17)23-12(2)6-5-7-13(23)3/h8-13H,4-7H2,1-3H3,(H2,19,20,21,24). The van der Waals surface area contributed by atoms with Gasteiger partial charge < -0.3 is 10.2 Å². The van der Waals surface area contributed by atoms with Crippen LogP contribution in [0, 0.1) is 0 Å². The van der Waals surface area contributed by atoms with E-state index in [0.29, 0.717) is 17.2 Å². The molecular formula is C18H25N5OS. The Bertz CT molecular complexity index is 705. The number of anilines is 3. The molecule has 25 heavy (non-hydrogen) atoms. The van der Waals surface area contributed by atoms with Gasteiger partial charge in [-0.05, 0) is 57.2 Å². The molecule has 134 valence electrons. The molecule has 2 N–H and O–H groups in total. The molecule has 0 spiro atoms. The summed E-state index contributed by atoms with van der Waals surface area (Å²) in [7, 11) is 0. The molecule has 1 fully saturated rings. The Balaban J connectivity index is 1.61. The molecule has 1 saturated heterocycles. The summed E-state index contributed by atoms with van der Waals surface area (Å²) in [5.74, 6) is 0. The van der Waals surface area contributed by atoms with Gasteiger partial charge in [-0.1, -0.05) is 30.4 Å². The van der Waals surface area contributed by atoms with Crippen LogP contribution in [-0.2, 0) is 6.42 Å². The molecular weight excluding hydrogens is 334 g/mol. The van der Waals surface area contributed by atoms with Crippen molar-refractivity contribution in [3.05, 3.63) is 29.8 Å². The van der Waals surface area contributed by atoms with Gasteiger partial charge in [0.1, 0.15) is 0 Å². The van der Waals surface area contributed by atoms with Crippen molar-refractivity contribution in [1.29, 1.82) is 0 Å². The minimum Gasteiger partial charge on any atom is -0.341 e. The fourth-order valence-corrected chi connectivity index (χ4v) is 4.20. The molecule has 2 atom stereocenters. The van der Waals surface area contributed by atoms with Crippen molar-refractivity contribution >= 4 is 33.3 Å². The average molecular weight is 359 g/mol. The SMILES string of the molecule is CCc1ccc(NC(=O)Nc2nnc(N3C(C)CCCC3C)s2)cc1. The topological polar surface area (TPSA) is 70.1 Å². The molecule has 7 heteroatoms. The lowest BCUT2D eigenvalue weighted by Crippen LogP contribution is -2.43. The van der Waals surface area contributed by atoms with Gasteiger partial charge in [-0.2, -0.15) is 0 Å². The fourth-order valence-electron chi connectivity index (χ4n) is 3.25. The molecule has 2 aromatic rings. The smallest absolute Gasteiger partial charge is 0.325 e. The molecule has 6 nitrogen and oxygen atoms in total. The summed E-state index contributed by atoms with van der Waals surface area (Å²) >= 11 is 1.42. The average Bonchev–Trinajstić information content (AvgIpc) is 3.03. The van der Waals surface area contributed by atoms with E-state index in [2.05, 4.69) is 46.5 Å². The van der Waals surface area contributed by atoms with Gasteiger partial charge in [0.25, 0.3) is 0 Å². The van der Waals surface area contributed by atoms with Crippen molar-refractivity contribution in [2.75, 3.05) is 15.5 Å². The van der Waals surface area contributed by atoms with Crippen LogP contribution in [0.15, 0.2) is 24.3 Å². The van der Waals surface area contributed by atoms with Gasteiger partial charge >= 0.3 is 6.03 Å². The van der Waals surface area contributed by atoms with Gasteiger partial charge in [0.05, 0.1) is 0 Å². The quantitative estimate of drug-likeness (QED) is 0.842. The highest BCUT2D eigenvalue weighted by atomic mass is 32.1. The molecule has 3 rings (SSSR count). The normalized spacial score (nSPS) is 20.4. The summed E-state index contributed by atoms with van der Waals surface area (Å²) in [5.41, 5.74) is 2.00. The number of urea groups is 1. The highest BCUT2D eigenvalue weighted by Crippen LogP contribution is 2.32. The van der Waals surface area contributed by atoms with Crippen molar-refractivity contribution in [2.45, 2.75) is 58.5 Å². The number of hydrogen-bond donors (Lipinski definition) is 2. The summed E-state index contributed by atoms with van der Waals surface area (Å²) in [6, 6.07) is 8.44. The van der Waals surface area contributed by atoms with Crippen LogP contribution in [0.4, 0.5) is 20.7 Å². The number of nitrogens with zero attached hydrogens (tertiary/aromatic N) is 3. The van der Waals surface area contributed by atoms with E-state index in [-0.39, 0.29) is 6.03 Å². The Morgan fingerprint density at radius 3 is 2.48 bits per heavy atom. The van der Waals surface area contributed by atoms with Crippen molar-refractivity contribution in [1.82, 2.24) is 10.2 Å². The monoisotopic (exact) mass is 359 g/mol. The van der Waals surface area contributed by atoms with Crippen LogP contribution < -0.4 is 15.5 Å². The van der Waals surface area contributed by atoms with Gasteiger partial charge in [-0.3, -0.25) is 5.32 Å². The highest BCUT2D eigenvalue weighted by Gasteiger charge is 2.27. The molecule has 1 aliphatic heterocycles. The number of aryl methyl sites for hydroxylation is 1. The van der Waals surface area contributed by atoms with E-state index >= 15 is 0 Å². The van der Waals surface area contributed by atoms with E-state index < -0.39 is 0 Å². The summed E-state index contributed by atoms with van der Waals surface area (Å²) < 4.78 is 0. The number of rotatable bonds is 4. The molecule has 0 aliphatic carbocycles. The van der Waals surface area contributed by atoms with Crippen LogP contribution in [-0.4, -0.2) is 28.3 Å². The third-order valence-corrected chi connectivity index (χ3v) is 5.52. The van der Waals surface area contributed by atoms with E-state index in [1.54, 1.807) is 0 Å². The van der Waals surface area contributed by atoms with Gasteiger partial charge in [0.2, 0.25) is 10.3 Å². The van der Waals surface area contributed by atoms with E-state index in [0.717, 1.165) is 17.2 Å². The predicted octanol–water partition coefficient (Wildman–Crippen LogP) is 4.51. The number of carbonyl (C=O) groups is 1. The zero-order valence-corrected chi connectivity index (χ0v) is 15.8. The Kier molecular flexibility index (Phi) is 5.53. The summed E-state index contributed by atoms with van der Waals surface area (Å²) in [6.07, 6.45) is 4.57. The summed E-state index contributed by atoms with van der Waals surface area (Å²) in [5, 5.41) is 15.4. The maximum Gasteiger partial charge on any atom is 0.325 e. The Morgan fingerprint density at radius 1 is 1.16 bits per heavy atom. The summed E-state index contributed by atoms with van der Waals surface area (Å²) in [6.45, 7) is 6.54.